The molecule has 3 aromatic rings. The van der Waals surface area contributed by atoms with E-state index in [1.165, 1.54) is 36.7 Å². The van der Waals surface area contributed by atoms with Gasteiger partial charge in [-0.05, 0) is 6.92 Å². The Morgan fingerprint density at radius 3 is 1.97 bits per heavy atom. The maximum absolute atomic E-state index is 10.8. The van der Waals surface area contributed by atoms with Gasteiger partial charge >= 0.3 is 0 Å². The molecule has 1 heterocycles. The molecule has 0 aliphatic rings. The monoisotopic (exact) mass is 421 g/mol. The summed E-state index contributed by atoms with van der Waals surface area (Å²) in [5.74, 6) is 0.366. The second kappa shape index (κ2) is 9.60. The van der Waals surface area contributed by atoms with Crippen molar-refractivity contribution in [2.45, 2.75) is 6.92 Å². The summed E-state index contributed by atoms with van der Waals surface area (Å²) in [6.45, 7) is 1.67. The molecule has 0 saturated heterocycles. The third kappa shape index (κ3) is 5.83. The first-order valence-electron chi connectivity index (χ1n) is 8.71. The predicted octanol–water partition coefficient (Wildman–Crippen LogP) is 2.89. The minimum atomic E-state index is -0.496. The van der Waals surface area contributed by atoms with E-state index in [4.69, 9.17) is 0 Å². The number of aryl methyl sites for hydroxylation is 1. The first-order valence-corrected chi connectivity index (χ1v) is 8.71. The third-order valence-electron chi connectivity index (χ3n) is 3.78. The SMILES string of the molecule is Cc1nnc(N/N=C\c2cccc([N+](=O)[O-])c2)nc1N/N=C\c1cccc([N+](=O)[O-])c1. The number of nitro benzene ring substituents is 2. The van der Waals surface area contributed by atoms with E-state index in [2.05, 4.69) is 36.2 Å². The van der Waals surface area contributed by atoms with Crippen LogP contribution < -0.4 is 10.9 Å². The van der Waals surface area contributed by atoms with Crippen molar-refractivity contribution in [3.63, 3.8) is 0 Å². The molecule has 13 heteroatoms. The normalized spacial score (nSPS) is 11.0. The molecule has 0 aliphatic heterocycles. The lowest BCUT2D eigenvalue weighted by Gasteiger charge is -2.04. The topological polar surface area (TPSA) is 174 Å². The van der Waals surface area contributed by atoms with E-state index in [9.17, 15) is 20.2 Å². The number of hydrogen-bond acceptors (Lipinski definition) is 11. The van der Waals surface area contributed by atoms with E-state index < -0.39 is 9.85 Å². The molecular formula is C18H15N9O4. The van der Waals surface area contributed by atoms with Crippen LogP contribution in [0.1, 0.15) is 16.8 Å². The van der Waals surface area contributed by atoms with Gasteiger partial charge in [0.2, 0.25) is 0 Å². The summed E-state index contributed by atoms with van der Waals surface area (Å²) in [5, 5.41) is 37.4. The summed E-state index contributed by atoms with van der Waals surface area (Å²) >= 11 is 0. The lowest BCUT2D eigenvalue weighted by Crippen LogP contribution is -2.05. The van der Waals surface area contributed by atoms with Crippen molar-refractivity contribution >= 4 is 35.6 Å². The third-order valence-corrected chi connectivity index (χ3v) is 3.78. The van der Waals surface area contributed by atoms with Crippen LogP contribution in [0.5, 0.6) is 0 Å². The fourth-order valence-electron chi connectivity index (χ4n) is 2.30. The highest BCUT2D eigenvalue weighted by Crippen LogP contribution is 2.14. The average Bonchev–Trinajstić information content (AvgIpc) is 2.76. The fraction of sp³-hybridized carbons (Fsp3) is 0.0556. The maximum atomic E-state index is 10.8. The summed E-state index contributed by atoms with van der Waals surface area (Å²) < 4.78 is 0. The number of rotatable bonds is 8. The smallest absolute Gasteiger partial charge is 0.260 e. The summed E-state index contributed by atoms with van der Waals surface area (Å²) in [7, 11) is 0. The maximum Gasteiger partial charge on any atom is 0.270 e. The molecule has 0 amide bonds. The molecule has 2 N–H and O–H groups in total. The Kier molecular flexibility index (Phi) is 6.47. The van der Waals surface area contributed by atoms with Gasteiger partial charge in [0.25, 0.3) is 17.3 Å². The molecule has 3 rings (SSSR count). The van der Waals surface area contributed by atoms with E-state index >= 15 is 0 Å². The van der Waals surface area contributed by atoms with Crippen LogP contribution >= 0.6 is 0 Å². The summed E-state index contributed by atoms with van der Waals surface area (Å²) in [6.07, 6.45) is 2.78. The van der Waals surface area contributed by atoms with Crippen LogP contribution in [0.2, 0.25) is 0 Å². The zero-order chi connectivity index (χ0) is 22.2. The highest BCUT2D eigenvalue weighted by molar-refractivity contribution is 5.81. The van der Waals surface area contributed by atoms with Gasteiger partial charge in [-0.3, -0.25) is 25.7 Å². The van der Waals surface area contributed by atoms with Crippen molar-refractivity contribution in [3.05, 3.63) is 85.6 Å². The molecule has 156 valence electrons. The first-order chi connectivity index (χ1) is 14.9. The molecule has 0 fully saturated rings. The lowest BCUT2D eigenvalue weighted by molar-refractivity contribution is -0.385. The highest BCUT2D eigenvalue weighted by Gasteiger charge is 2.06. The molecule has 2 aromatic carbocycles. The van der Waals surface area contributed by atoms with Gasteiger partial charge in [-0.1, -0.05) is 24.3 Å². The van der Waals surface area contributed by atoms with Crippen LogP contribution in [0, 0.1) is 27.2 Å². The van der Waals surface area contributed by atoms with Crippen LogP contribution in [-0.2, 0) is 0 Å². The highest BCUT2D eigenvalue weighted by atomic mass is 16.6. The zero-order valence-electron chi connectivity index (χ0n) is 16.0. The molecule has 0 saturated carbocycles. The van der Waals surface area contributed by atoms with Gasteiger partial charge in [0, 0.05) is 35.4 Å². The summed E-state index contributed by atoms with van der Waals surface area (Å²) in [5.41, 5.74) is 6.69. The van der Waals surface area contributed by atoms with Crippen molar-refractivity contribution < 1.29 is 9.85 Å². The lowest BCUT2D eigenvalue weighted by atomic mass is 10.2. The predicted molar refractivity (Wildman–Crippen MR) is 113 cm³/mol. The van der Waals surface area contributed by atoms with Gasteiger partial charge in [0.1, 0.15) is 5.69 Å². The van der Waals surface area contributed by atoms with Gasteiger partial charge in [0.15, 0.2) is 5.82 Å². The number of benzene rings is 2. The van der Waals surface area contributed by atoms with Crippen molar-refractivity contribution in [2.75, 3.05) is 10.9 Å². The van der Waals surface area contributed by atoms with Gasteiger partial charge in [-0.15, -0.1) is 10.2 Å². The number of hydrogen-bond donors (Lipinski definition) is 2. The van der Waals surface area contributed by atoms with Crippen molar-refractivity contribution in [3.8, 4) is 0 Å². The van der Waals surface area contributed by atoms with Crippen molar-refractivity contribution in [2.24, 2.45) is 10.2 Å². The van der Waals surface area contributed by atoms with E-state index in [0.717, 1.165) is 0 Å². The van der Waals surface area contributed by atoms with E-state index in [1.807, 2.05) is 0 Å². The van der Waals surface area contributed by atoms with Gasteiger partial charge in [0.05, 0.1) is 22.3 Å². The molecule has 0 spiro atoms. The molecular weight excluding hydrogens is 406 g/mol. The van der Waals surface area contributed by atoms with Gasteiger partial charge in [-0.25, -0.2) is 5.43 Å². The van der Waals surface area contributed by atoms with Crippen LogP contribution in [0.4, 0.5) is 23.1 Å². The van der Waals surface area contributed by atoms with Crippen LogP contribution in [0.25, 0.3) is 0 Å². The minimum absolute atomic E-state index is 0.0445. The molecule has 0 atom stereocenters. The number of non-ortho nitro benzene ring substituents is 2. The van der Waals surface area contributed by atoms with Gasteiger partial charge < -0.3 is 0 Å². The zero-order valence-corrected chi connectivity index (χ0v) is 16.0. The molecule has 0 radical (unpaired) electrons. The molecule has 0 bridgehead atoms. The summed E-state index contributed by atoms with van der Waals surface area (Å²) in [4.78, 5) is 24.8. The Morgan fingerprint density at radius 1 is 0.871 bits per heavy atom. The molecule has 0 aliphatic carbocycles. The second-order valence-corrected chi connectivity index (χ2v) is 6.01. The van der Waals surface area contributed by atoms with E-state index in [-0.39, 0.29) is 17.3 Å². The van der Waals surface area contributed by atoms with Crippen LogP contribution in [0.15, 0.2) is 58.7 Å². The Morgan fingerprint density at radius 2 is 1.42 bits per heavy atom. The Hall–Kier alpha value is -4.81. The number of nitrogens with one attached hydrogen (secondary N) is 2. The van der Waals surface area contributed by atoms with Crippen LogP contribution in [-0.4, -0.2) is 37.5 Å². The first kappa shape index (κ1) is 20.9. The van der Waals surface area contributed by atoms with Crippen molar-refractivity contribution in [1.29, 1.82) is 0 Å². The number of aromatic nitrogens is 3. The number of hydrazone groups is 2. The standard InChI is InChI=1S/C18H15N9O4/c1-12-17(23-19-10-13-4-2-6-15(8-13)26(28)29)21-18(25-22-12)24-20-11-14-5-3-7-16(9-14)27(30)31/h2-11H,1H3,(H2,21,23,24,25)/b19-10-,20-11-. The molecule has 13 nitrogen and oxygen atoms in total. The molecule has 31 heavy (non-hydrogen) atoms. The largest absolute Gasteiger partial charge is 0.270 e. The van der Waals surface area contributed by atoms with E-state index in [1.54, 1.807) is 31.2 Å². The fourth-order valence-corrected chi connectivity index (χ4v) is 2.30. The van der Waals surface area contributed by atoms with Crippen LogP contribution in [0.3, 0.4) is 0 Å². The number of nitro groups is 2. The Bertz CT molecular complexity index is 1180. The number of nitrogens with zero attached hydrogens (tertiary/aromatic N) is 7. The molecule has 1 aromatic heterocycles. The number of anilines is 2. The van der Waals surface area contributed by atoms with E-state index in [0.29, 0.717) is 22.6 Å². The second-order valence-electron chi connectivity index (χ2n) is 6.01. The average molecular weight is 421 g/mol. The van der Waals surface area contributed by atoms with Gasteiger partial charge in [-0.2, -0.15) is 15.2 Å². The summed E-state index contributed by atoms with van der Waals surface area (Å²) in [6, 6.07) is 11.9. The minimum Gasteiger partial charge on any atom is -0.260 e. The quantitative estimate of drug-likeness (QED) is 0.315. The Balaban J connectivity index is 1.66. The molecule has 0 unspecified atom stereocenters. The van der Waals surface area contributed by atoms with Crippen molar-refractivity contribution in [1.82, 2.24) is 15.2 Å². The Labute approximate surface area is 174 Å².